The van der Waals surface area contributed by atoms with Crippen molar-refractivity contribution in [3.63, 3.8) is 0 Å². The zero-order valence-corrected chi connectivity index (χ0v) is 20.9. The number of β-amino-alcohol motifs (C(OH)–C–C–N with tert-alkyl or cyclic N) is 1. The Balaban J connectivity index is 1.43. The van der Waals surface area contributed by atoms with Gasteiger partial charge in [0.2, 0.25) is 0 Å². The van der Waals surface area contributed by atoms with E-state index in [1.54, 1.807) is 29.0 Å². The summed E-state index contributed by atoms with van der Waals surface area (Å²) in [6, 6.07) is 10.9. The highest BCUT2D eigenvalue weighted by Crippen LogP contribution is 2.49. The number of rotatable bonds is 8. The van der Waals surface area contributed by atoms with E-state index in [0.717, 1.165) is 17.0 Å². The van der Waals surface area contributed by atoms with Crippen LogP contribution in [-0.4, -0.2) is 100 Å². The van der Waals surface area contributed by atoms with Crippen LogP contribution in [0.5, 0.6) is 0 Å². The Bertz CT molecular complexity index is 1070. The fourth-order valence-electron chi connectivity index (χ4n) is 4.69. The maximum absolute atomic E-state index is 13.4. The third-order valence-electron chi connectivity index (χ3n) is 6.66. The number of hydrogen-bond donors (Lipinski definition) is 5. The van der Waals surface area contributed by atoms with Crippen molar-refractivity contribution in [2.24, 2.45) is 0 Å². The molecule has 5 N–H and O–H groups in total. The first-order chi connectivity index (χ1) is 17.5. The van der Waals surface area contributed by atoms with Crippen molar-refractivity contribution in [3.05, 3.63) is 48.0 Å². The molecule has 204 valence electrons. The Kier molecular flexibility index (Phi) is 8.71. The van der Waals surface area contributed by atoms with Crippen molar-refractivity contribution in [3.8, 4) is 0 Å². The largest absolute Gasteiger partial charge is 0.416 e. The van der Waals surface area contributed by atoms with E-state index in [0.29, 0.717) is 22.8 Å². The van der Waals surface area contributed by atoms with E-state index in [-0.39, 0.29) is 19.5 Å². The molecule has 2 aromatic carbocycles. The van der Waals surface area contributed by atoms with E-state index in [2.05, 4.69) is 0 Å². The number of alkyl halides is 3. The molecule has 1 unspecified atom stereocenters. The summed E-state index contributed by atoms with van der Waals surface area (Å²) in [5, 5.41) is 50.4. The maximum atomic E-state index is 13.4. The average molecular weight is 545 g/mol. The molecule has 0 spiro atoms. The predicted molar refractivity (Wildman–Crippen MR) is 131 cm³/mol. The fraction of sp³-hybridized carbons (Fsp3) is 0.520. The van der Waals surface area contributed by atoms with Gasteiger partial charge in [-0.25, -0.2) is 0 Å². The molecule has 12 heteroatoms. The molecule has 4 rings (SSSR count). The van der Waals surface area contributed by atoms with Crippen molar-refractivity contribution in [2.75, 3.05) is 38.2 Å². The lowest BCUT2D eigenvalue weighted by Gasteiger charge is -2.40. The van der Waals surface area contributed by atoms with Crippen molar-refractivity contribution in [2.45, 2.75) is 59.0 Å². The summed E-state index contributed by atoms with van der Waals surface area (Å²) >= 11 is 1.38. The van der Waals surface area contributed by atoms with Crippen LogP contribution in [0.3, 0.4) is 0 Å². The molecular formula is C25H31F3N2O6S. The highest BCUT2D eigenvalue weighted by atomic mass is 32.2. The number of fused-ring (bicyclic) bond motifs is 2. The van der Waals surface area contributed by atoms with Crippen LogP contribution in [0.2, 0.25) is 0 Å². The second kappa shape index (κ2) is 11.5. The molecule has 0 bridgehead atoms. The van der Waals surface area contributed by atoms with E-state index >= 15 is 0 Å². The second-order valence-corrected chi connectivity index (χ2v) is 10.5. The van der Waals surface area contributed by atoms with Gasteiger partial charge in [0, 0.05) is 22.9 Å². The molecule has 2 heterocycles. The highest BCUT2D eigenvalue weighted by molar-refractivity contribution is 7.99. The van der Waals surface area contributed by atoms with E-state index in [1.165, 1.54) is 17.8 Å². The Labute approximate surface area is 216 Å². The standard InChI is InChI=1S/C25H31F3N2O6S/c1-29(9-8-18-22(33)24(35)23(34)19(13-31)36-18)11-15(32)12-30-16-4-2-3-5-20(16)37-21-7-6-14(10-17(21)30)25(26,27)28/h2-7,10,15,18-19,22-24,31-35H,8-9,11-13H2,1H3/t15?,18-,19-,22+,23-,24-/m1/s1. The van der Waals surface area contributed by atoms with Gasteiger partial charge in [-0.15, -0.1) is 0 Å². The summed E-state index contributed by atoms with van der Waals surface area (Å²) < 4.78 is 45.8. The van der Waals surface area contributed by atoms with Crippen LogP contribution in [0.4, 0.5) is 24.5 Å². The van der Waals surface area contributed by atoms with E-state index in [9.17, 15) is 38.7 Å². The van der Waals surface area contributed by atoms with Crippen molar-refractivity contribution in [1.82, 2.24) is 4.90 Å². The first-order valence-corrected chi connectivity index (χ1v) is 12.7. The van der Waals surface area contributed by atoms with Gasteiger partial charge >= 0.3 is 6.18 Å². The number of aliphatic hydroxyl groups is 5. The third-order valence-corrected chi connectivity index (χ3v) is 7.79. The molecule has 6 atom stereocenters. The number of likely N-dealkylation sites (N-methyl/N-ethyl adjacent to an activating group) is 1. The van der Waals surface area contributed by atoms with E-state index in [1.807, 2.05) is 12.1 Å². The minimum absolute atomic E-state index is 0.0519. The number of ether oxygens (including phenoxy) is 1. The Morgan fingerprint density at radius 3 is 2.38 bits per heavy atom. The average Bonchev–Trinajstić information content (AvgIpc) is 2.86. The molecule has 0 amide bonds. The molecule has 2 aliphatic rings. The Hall–Kier alpha value is -1.90. The zero-order valence-electron chi connectivity index (χ0n) is 20.1. The van der Waals surface area contributed by atoms with Gasteiger partial charge < -0.3 is 40.1 Å². The van der Waals surface area contributed by atoms with Crippen LogP contribution in [-0.2, 0) is 10.9 Å². The number of anilines is 2. The van der Waals surface area contributed by atoms with Gasteiger partial charge in [-0.2, -0.15) is 13.2 Å². The lowest BCUT2D eigenvalue weighted by atomic mass is 9.93. The topological polar surface area (TPSA) is 117 Å². The molecule has 2 aliphatic heterocycles. The molecule has 0 aliphatic carbocycles. The number of aliphatic hydroxyl groups excluding tert-OH is 5. The summed E-state index contributed by atoms with van der Waals surface area (Å²) in [6.45, 7) is 0.0674. The molecule has 0 saturated carbocycles. The summed E-state index contributed by atoms with van der Waals surface area (Å²) in [5.41, 5.74) is 0.325. The Morgan fingerprint density at radius 1 is 1.00 bits per heavy atom. The van der Waals surface area contributed by atoms with Crippen LogP contribution < -0.4 is 4.90 Å². The number of halogens is 3. The van der Waals surface area contributed by atoms with Gasteiger partial charge in [0.25, 0.3) is 0 Å². The van der Waals surface area contributed by atoms with E-state index < -0.39 is 55.0 Å². The van der Waals surface area contributed by atoms with Gasteiger partial charge in [0.05, 0.1) is 42.3 Å². The predicted octanol–water partition coefficient (Wildman–Crippen LogP) is 1.83. The molecule has 37 heavy (non-hydrogen) atoms. The minimum atomic E-state index is -4.49. The smallest absolute Gasteiger partial charge is 0.394 e. The van der Waals surface area contributed by atoms with Crippen molar-refractivity contribution < 1.29 is 43.4 Å². The molecular weight excluding hydrogens is 513 g/mol. The number of benzene rings is 2. The summed E-state index contributed by atoms with van der Waals surface area (Å²) in [7, 11) is 1.74. The monoisotopic (exact) mass is 544 g/mol. The van der Waals surface area contributed by atoms with Crippen LogP contribution >= 0.6 is 11.8 Å². The van der Waals surface area contributed by atoms with Crippen molar-refractivity contribution in [1.29, 1.82) is 0 Å². The number of para-hydroxylation sites is 1. The first kappa shape index (κ1) is 28.1. The van der Waals surface area contributed by atoms with Gasteiger partial charge in [-0.1, -0.05) is 23.9 Å². The van der Waals surface area contributed by atoms with Gasteiger partial charge in [-0.05, 0) is 43.8 Å². The minimum Gasteiger partial charge on any atom is -0.394 e. The zero-order chi connectivity index (χ0) is 26.9. The molecule has 1 fully saturated rings. The van der Waals surface area contributed by atoms with E-state index in [4.69, 9.17) is 4.74 Å². The molecule has 0 aromatic heterocycles. The Morgan fingerprint density at radius 2 is 1.68 bits per heavy atom. The summed E-state index contributed by atoms with van der Waals surface area (Å²) in [4.78, 5) is 5.02. The molecule has 8 nitrogen and oxygen atoms in total. The molecule has 1 saturated heterocycles. The maximum Gasteiger partial charge on any atom is 0.416 e. The lowest BCUT2D eigenvalue weighted by molar-refractivity contribution is -0.230. The number of hydrogen-bond acceptors (Lipinski definition) is 9. The van der Waals surface area contributed by atoms with Crippen LogP contribution in [0.1, 0.15) is 12.0 Å². The van der Waals surface area contributed by atoms with Crippen LogP contribution in [0.25, 0.3) is 0 Å². The van der Waals surface area contributed by atoms with Gasteiger partial charge in [0.1, 0.15) is 24.4 Å². The molecule has 0 radical (unpaired) electrons. The van der Waals surface area contributed by atoms with Gasteiger partial charge in [0.15, 0.2) is 0 Å². The van der Waals surface area contributed by atoms with Crippen molar-refractivity contribution >= 4 is 23.1 Å². The van der Waals surface area contributed by atoms with Gasteiger partial charge in [-0.3, -0.25) is 0 Å². The fourth-order valence-corrected chi connectivity index (χ4v) is 5.76. The number of nitrogens with zero attached hydrogens (tertiary/aromatic N) is 2. The third kappa shape index (κ3) is 6.23. The quantitative estimate of drug-likeness (QED) is 0.339. The normalized spacial score (nSPS) is 26.6. The van der Waals surface area contributed by atoms with Crippen LogP contribution in [0, 0.1) is 0 Å². The summed E-state index contributed by atoms with van der Waals surface area (Å²) in [5.74, 6) is 0. The summed E-state index contributed by atoms with van der Waals surface area (Å²) in [6.07, 6.45) is -11.2. The first-order valence-electron chi connectivity index (χ1n) is 11.9. The second-order valence-electron chi connectivity index (χ2n) is 9.43. The SMILES string of the molecule is CN(CC[C@H]1O[C@H](CO)[C@@H](O)[C@H](O)[C@H]1O)CC(O)CN1c2ccccc2Sc2ccc(C(F)(F)F)cc21. The lowest BCUT2D eigenvalue weighted by Crippen LogP contribution is -2.58. The molecule has 2 aromatic rings. The highest BCUT2D eigenvalue weighted by Gasteiger charge is 2.43. The van der Waals surface area contributed by atoms with Crippen LogP contribution in [0.15, 0.2) is 52.3 Å².